The van der Waals surface area contributed by atoms with E-state index in [4.69, 9.17) is 23.2 Å². The number of hydrogen-bond donors (Lipinski definition) is 2. The minimum Gasteiger partial charge on any atom is -0.310 e. The predicted octanol–water partition coefficient (Wildman–Crippen LogP) is 9.92. The molecule has 0 saturated heterocycles. The maximum atomic E-state index is 6.23. The van der Waals surface area contributed by atoms with Gasteiger partial charge in [0.1, 0.15) is 0 Å². The molecule has 0 spiro atoms. The summed E-state index contributed by atoms with van der Waals surface area (Å²) in [4.78, 5) is 0. The molecule has 7 heteroatoms. The molecule has 2 rings (SSSR count). The Labute approximate surface area is 238 Å². The Morgan fingerprint density at radius 2 is 0.971 bits per heavy atom. The minimum atomic E-state index is -0.0784. The summed E-state index contributed by atoms with van der Waals surface area (Å²) < 4.78 is 0. The van der Waals surface area contributed by atoms with Gasteiger partial charge in [0.15, 0.2) is 0 Å². The standard InChI is InChI=1S/C28H42Cl2N2S2.ClH/c1-7-9-19-31-27(3,4)25(21-11-15-23(29)16-12-21)33-34-26(22-13-17-24(30)18-14-22)28(5,6)32-20-10-8-2;/h11-18,25-26,31-32H,7-10,19-20H2,1-6H3;1H. The zero-order chi connectivity index (χ0) is 25.2. The van der Waals surface area contributed by atoms with E-state index in [1.165, 1.54) is 36.8 Å². The lowest BCUT2D eigenvalue weighted by atomic mass is 9.94. The quantitative estimate of drug-likeness (QED) is 0.162. The van der Waals surface area contributed by atoms with Gasteiger partial charge in [-0.2, -0.15) is 0 Å². The van der Waals surface area contributed by atoms with Crippen LogP contribution in [-0.4, -0.2) is 24.2 Å². The summed E-state index contributed by atoms with van der Waals surface area (Å²) in [6.07, 6.45) is 4.73. The van der Waals surface area contributed by atoms with Gasteiger partial charge in [0.2, 0.25) is 0 Å². The summed E-state index contributed by atoms with van der Waals surface area (Å²) in [5, 5.41) is 9.71. The molecule has 0 aliphatic heterocycles. The van der Waals surface area contributed by atoms with Crippen molar-refractivity contribution in [2.45, 2.75) is 88.8 Å². The van der Waals surface area contributed by atoms with E-state index >= 15 is 0 Å². The summed E-state index contributed by atoms with van der Waals surface area (Å²) in [5.74, 6) is 0. The van der Waals surface area contributed by atoms with Crippen LogP contribution in [0.1, 0.15) is 88.9 Å². The molecule has 2 atom stereocenters. The molecule has 35 heavy (non-hydrogen) atoms. The predicted molar refractivity (Wildman–Crippen MR) is 165 cm³/mol. The molecular weight excluding hydrogens is 535 g/mol. The summed E-state index contributed by atoms with van der Waals surface area (Å²) in [6, 6.07) is 16.7. The van der Waals surface area contributed by atoms with Crippen LogP contribution in [-0.2, 0) is 0 Å². The molecule has 0 aliphatic carbocycles. The van der Waals surface area contributed by atoms with Crippen LogP contribution < -0.4 is 10.6 Å². The van der Waals surface area contributed by atoms with Crippen molar-refractivity contribution >= 4 is 57.2 Å². The third-order valence-corrected chi connectivity index (χ3v) is 10.3. The molecule has 198 valence electrons. The average Bonchev–Trinajstić information content (AvgIpc) is 2.78. The fourth-order valence-electron chi connectivity index (χ4n) is 3.93. The van der Waals surface area contributed by atoms with Gasteiger partial charge in [-0.25, -0.2) is 0 Å². The van der Waals surface area contributed by atoms with Gasteiger partial charge >= 0.3 is 0 Å². The third-order valence-electron chi connectivity index (χ3n) is 6.13. The molecule has 0 radical (unpaired) electrons. The lowest BCUT2D eigenvalue weighted by Crippen LogP contribution is -2.45. The Morgan fingerprint density at radius 1 is 0.657 bits per heavy atom. The van der Waals surface area contributed by atoms with E-state index in [-0.39, 0.29) is 34.0 Å². The molecule has 0 amide bonds. The maximum absolute atomic E-state index is 6.23. The van der Waals surface area contributed by atoms with Crippen molar-refractivity contribution in [3.8, 4) is 0 Å². The van der Waals surface area contributed by atoms with Crippen LogP contribution in [0.15, 0.2) is 48.5 Å². The topological polar surface area (TPSA) is 24.1 Å². The lowest BCUT2D eigenvalue weighted by molar-refractivity contribution is 0.375. The first-order valence-corrected chi connectivity index (χ1v) is 15.5. The fraction of sp³-hybridized carbons (Fsp3) is 0.571. The molecule has 0 bridgehead atoms. The summed E-state index contributed by atoms with van der Waals surface area (Å²) in [6.45, 7) is 15.8. The molecule has 2 unspecified atom stereocenters. The molecule has 0 saturated carbocycles. The number of halogens is 3. The van der Waals surface area contributed by atoms with Gasteiger partial charge in [0.25, 0.3) is 0 Å². The van der Waals surface area contributed by atoms with Crippen LogP contribution in [0, 0.1) is 0 Å². The Balaban J connectivity index is 0.00000612. The van der Waals surface area contributed by atoms with Gasteiger partial charge in [0.05, 0.1) is 10.5 Å². The van der Waals surface area contributed by atoms with E-state index < -0.39 is 0 Å². The number of nitrogens with one attached hydrogen (secondary N) is 2. The highest BCUT2D eigenvalue weighted by atomic mass is 35.5. The Bertz CT molecular complexity index is 771. The second-order valence-corrected chi connectivity index (χ2v) is 13.4. The summed E-state index contributed by atoms with van der Waals surface area (Å²) >= 11 is 12.5. The molecule has 0 aliphatic rings. The van der Waals surface area contributed by atoms with Gasteiger partial charge in [-0.1, -0.05) is 95.7 Å². The van der Waals surface area contributed by atoms with Crippen molar-refractivity contribution in [3.63, 3.8) is 0 Å². The van der Waals surface area contributed by atoms with Crippen LogP contribution in [0.4, 0.5) is 0 Å². The lowest BCUT2D eigenvalue weighted by Gasteiger charge is -2.39. The maximum Gasteiger partial charge on any atom is 0.0577 e. The zero-order valence-corrected chi connectivity index (χ0v) is 26.0. The first kappa shape index (κ1) is 33.0. The second-order valence-electron chi connectivity index (χ2n) is 10.1. The van der Waals surface area contributed by atoms with Gasteiger partial charge < -0.3 is 10.6 Å². The van der Waals surface area contributed by atoms with Crippen molar-refractivity contribution in [3.05, 3.63) is 69.7 Å². The van der Waals surface area contributed by atoms with Crippen molar-refractivity contribution in [1.29, 1.82) is 0 Å². The Hall–Kier alpha value is -0.0700. The number of hydrogen-bond acceptors (Lipinski definition) is 4. The van der Waals surface area contributed by atoms with Crippen LogP contribution in [0.3, 0.4) is 0 Å². The Morgan fingerprint density at radius 3 is 1.26 bits per heavy atom. The summed E-state index contributed by atoms with van der Waals surface area (Å²) in [7, 11) is 3.91. The van der Waals surface area contributed by atoms with E-state index in [2.05, 4.69) is 76.4 Å². The van der Waals surface area contributed by atoms with Gasteiger partial charge in [-0.3, -0.25) is 0 Å². The smallest absolute Gasteiger partial charge is 0.0577 e. The molecular formula is C28H43Cl3N2S2. The van der Waals surface area contributed by atoms with E-state index in [1.54, 1.807) is 0 Å². The average molecular weight is 578 g/mol. The highest BCUT2D eigenvalue weighted by Crippen LogP contribution is 2.53. The zero-order valence-electron chi connectivity index (χ0n) is 22.0. The molecule has 0 aromatic heterocycles. The third kappa shape index (κ3) is 10.7. The number of unbranched alkanes of at least 4 members (excludes halogenated alkanes) is 2. The molecule has 0 heterocycles. The van der Waals surface area contributed by atoms with Crippen molar-refractivity contribution in [2.75, 3.05) is 13.1 Å². The van der Waals surface area contributed by atoms with E-state index in [1.807, 2.05) is 45.9 Å². The minimum absolute atomic E-state index is 0. The number of benzene rings is 2. The molecule has 2 nitrogen and oxygen atoms in total. The van der Waals surface area contributed by atoms with Crippen LogP contribution in [0.5, 0.6) is 0 Å². The van der Waals surface area contributed by atoms with Gasteiger partial charge in [-0.05, 0) is 89.0 Å². The molecule has 2 aromatic carbocycles. The van der Waals surface area contributed by atoms with E-state index in [9.17, 15) is 0 Å². The van der Waals surface area contributed by atoms with Crippen molar-refractivity contribution in [2.24, 2.45) is 0 Å². The van der Waals surface area contributed by atoms with Gasteiger partial charge in [0, 0.05) is 21.1 Å². The second kappa shape index (κ2) is 16.0. The highest BCUT2D eigenvalue weighted by Gasteiger charge is 2.36. The molecule has 2 aromatic rings. The number of rotatable bonds is 15. The SMILES string of the molecule is CCCCNC(C)(C)C(SSC(c1ccc(Cl)cc1)C(C)(C)NCCCC)c1ccc(Cl)cc1.Cl. The first-order valence-electron chi connectivity index (χ1n) is 12.4. The normalized spacial score (nSPS) is 13.8. The largest absolute Gasteiger partial charge is 0.310 e. The fourth-order valence-corrected chi connectivity index (χ4v) is 8.37. The summed E-state index contributed by atoms with van der Waals surface area (Å²) in [5.41, 5.74) is 2.43. The van der Waals surface area contributed by atoms with Crippen LogP contribution in [0.2, 0.25) is 10.0 Å². The molecule has 2 N–H and O–H groups in total. The van der Waals surface area contributed by atoms with Crippen molar-refractivity contribution in [1.82, 2.24) is 10.6 Å². The Kier molecular flexibility index (Phi) is 15.1. The van der Waals surface area contributed by atoms with Crippen LogP contribution in [0.25, 0.3) is 0 Å². The van der Waals surface area contributed by atoms with Gasteiger partial charge in [-0.15, -0.1) is 12.4 Å². The molecule has 0 fully saturated rings. The highest BCUT2D eigenvalue weighted by molar-refractivity contribution is 8.76. The first-order chi connectivity index (χ1) is 16.1. The van der Waals surface area contributed by atoms with Crippen LogP contribution >= 0.6 is 57.2 Å². The van der Waals surface area contributed by atoms with E-state index in [0.717, 1.165) is 23.1 Å². The van der Waals surface area contributed by atoms with Crippen molar-refractivity contribution < 1.29 is 0 Å². The monoisotopic (exact) mass is 576 g/mol. The van der Waals surface area contributed by atoms with E-state index in [0.29, 0.717) is 0 Å².